The van der Waals surface area contributed by atoms with Gasteiger partial charge in [-0.25, -0.2) is 0 Å². The molecule has 4 N–H and O–H groups in total. The Morgan fingerprint density at radius 2 is 1.48 bits per heavy atom. The predicted molar refractivity (Wildman–Crippen MR) is 115 cm³/mol. The highest BCUT2D eigenvalue weighted by Gasteiger charge is 2.54. The van der Waals surface area contributed by atoms with Crippen molar-refractivity contribution < 1.29 is 14.4 Å². The number of amides is 3. The first-order chi connectivity index (χ1) is 15.0. The maximum atomic E-state index is 13.1. The number of nitrogens with one attached hydrogen (secondary N) is 4. The van der Waals surface area contributed by atoms with Crippen molar-refractivity contribution in [2.24, 2.45) is 23.2 Å². The van der Waals surface area contributed by atoms with Gasteiger partial charge in [-0.3, -0.25) is 25.2 Å². The lowest BCUT2D eigenvalue weighted by atomic mass is 9.49. The van der Waals surface area contributed by atoms with Gasteiger partial charge in [-0.05, 0) is 86.1 Å². The fraction of sp³-hybridized carbons (Fsp3) is 0.458. The lowest BCUT2D eigenvalue weighted by Gasteiger charge is -2.55. The average molecular weight is 421 g/mol. The number of hydrogen-bond donors (Lipinski definition) is 4. The molecule has 3 amide bonds. The number of aromatic amines is 1. The van der Waals surface area contributed by atoms with E-state index in [4.69, 9.17) is 0 Å². The molecular weight excluding hydrogens is 392 g/mol. The van der Waals surface area contributed by atoms with E-state index in [-0.39, 0.29) is 11.3 Å². The van der Waals surface area contributed by atoms with Crippen molar-refractivity contribution in [1.82, 2.24) is 21.2 Å². The van der Waals surface area contributed by atoms with E-state index < -0.39 is 11.8 Å². The first-order valence-corrected chi connectivity index (χ1v) is 11.1. The van der Waals surface area contributed by atoms with Crippen LogP contribution in [-0.4, -0.2) is 22.7 Å². The van der Waals surface area contributed by atoms with Gasteiger partial charge in [0, 0.05) is 23.7 Å². The summed E-state index contributed by atoms with van der Waals surface area (Å²) in [7, 11) is 0. The van der Waals surface area contributed by atoms with Crippen molar-refractivity contribution in [3.63, 3.8) is 0 Å². The Morgan fingerprint density at radius 1 is 0.871 bits per heavy atom. The van der Waals surface area contributed by atoms with Gasteiger partial charge >= 0.3 is 0 Å². The zero-order valence-electron chi connectivity index (χ0n) is 17.4. The van der Waals surface area contributed by atoms with Gasteiger partial charge in [0.15, 0.2) is 0 Å². The van der Waals surface area contributed by atoms with Crippen molar-refractivity contribution in [2.75, 3.05) is 0 Å². The number of carbonyl (C=O) groups excluding carboxylic acids is 3. The standard InChI is InChI=1S/C24H28N4O3/c29-21(27-28-22(30)20-2-1-7-25-20)19-5-3-15(4-6-19)14-26-23(31)24-11-16-8-17(12-24)10-18(9-16)13-24/h1-7,16-18,25H,8-14H2,(H,26,31)(H,27,29)(H,28,30). The van der Waals surface area contributed by atoms with Crippen molar-refractivity contribution in [3.05, 3.63) is 59.4 Å². The highest BCUT2D eigenvalue weighted by Crippen LogP contribution is 2.60. The molecule has 0 unspecified atom stereocenters. The first kappa shape index (κ1) is 19.8. The van der Waals surface area contributed by atoms with Gasteiger partial charge in [-0.2, -0.15) is 0 Å². The topological polar surface area (TPSA) is 103 Å². The van der Waals surface area contributed by atoms with Crippen molar-refractivity contribution >= 4 is 17.7 Å². The van der Waals surface area contributed by atoms with Crippen LogP contribution in [0.4, 0.5) is 0 Å². The van der Waals surface area contributed by atoms with Crippen molar-refractivity contribution in [1.29, 1.82) is 0 Å². The Bertz CT molecular complexity index is 945. The van der Waals surface area contributed by atoms with E-state index in [1.54, 1.807) is 30.5 Å². The zero-order valence-corrected chi connectivity index (χ0v) is 17.4. The molecule has 31 heavy (non-hydrogen) atoms. The molecule has 4 saturated carbocycles. The number of carbonyl (C=O) groups is 3. The van der Waals surface area contributed by atoms with Crippen LogP contribution in [0, 0.1) is 23.2 Å². The second-order valence-corrected chi connectivity index (χ2v) is 9.57. The summed E-state index contributed by atoms with van der Waals surface area (Å²) in [5, 5.41) is 3.16. The molecule has 1 aromatic carbocycles. The van der Waals surface area contributed by atoms with Crippen LogP contribution in [0.5, 0.6) is 0 Å². The minimum atomic E-state index is -0.414. The SMILES string of the molecule is O=C(NNC(=O)c1ccc[nH]1)c1ccc(CNC(=O)C23CC4CC(CC(C4)C2)C3)cc1. The maximum Gasteiger partial charge on any atom is 0.286 e. The summed E-state index contributed by atoms with van der Waals surface area (Å²) >= 11 is 0. The molecule has 6 rings (SSSR count). The number of aromatic nitrogens is 1. The van der Waals surface area contributed by atoms with Gasteiger partial charge in [0.2, 0.25) is 5.91 Å². The Balaban J connectivity index is 1.13. The minimum Gasteiger partial charge on any atom is -0.357 e. The van der Waals surface area contributed by atoms with Crippen molar-refractivity contribution in [2.45, 2.75) is 45.1 Å². The first-order valence-electron chi connectivity index (χ1n) is 11.1. The third-order valence-corrected chi connectivity index (χ3v) is 7.32. The van der Waals surface area contributed by atoms with Gasteiger partial charge in [0.25, 0.3) is 11.8 Å². The summed E-state index contributed by atoms with van der Waals surface area (Å²) in [6, 6.07) is 10.4. The quantitative estimate of drug-likeness (QED) is 0.559. The molecular formula is C24H28N4O3. The highest BCUT2D eigenvalue weighted by atomic mass is 16.2. The molecule has 0 atom stereocenters. The van der Waals surface area contributed by atoms with Crippen LogP contribution >= 0.6 is 0 Å². The molecule has 4 bridgehead atoms. The van der Waals surface area contributed by atoms with Gasteiger partial charge in [0.1, 0.15) is 5.69 Å². The van der Waals surface area contributed by atoms with Crippen LogP contribution in [0.2, 0.25) is 0 Å². The third kappa shape index (κ3) is 3.96. The molecule has 0 aliphatic heterocycles. The molecule has 4 fully saturated rings. The van der Waals surface area contributed by atoms with Crippen LogP contribution in [0.1, 0.15) is 64.9 Å². The van der Waals surface area contributed by atoms with E-state index >= 15 is 0 Å². The molecule has 162 valence electrons. The van der Waals surface area contributed by atoms with Crippen LogP contribution in [0.25, 0.3) is 0 Å². The van der Waals surface area contributed by atoms with Crippen LogP contribution in [-0.2, 0) is 11.3 Å². The Labute approximate surface area is 181 Å². The van der Waals surface area contributed by atoms with E-state index in [9.17, 15) is 14.4 Å². The second-order valence-electron chi connectivity index (χ2n) is 9.57. The molecule has 0 saturated heterocycles. The Morgan fingerprint density at radius 3 is 2.06 bits per heavy atom. The van der Waals surface area contributed by atoms with Crippen molar-refractivity contribution in [3.8, 4) is 0 Å². The summed E-state index contributed by atoms with van der Waals surface area (Å²) in [5.41, 5.74) is 6.38. The second kappa shape index (κ2) is 7.87. The summed E-state index contributed by atoms with van der Waals surface area (Å²) in [5.74, 6) is 1.62. The van der Waals surface area contributed by atoms with Crippen LogP contribution in [0.3, 0.4) is 0 Å². The molecule has 0 radical (unpaired) electrons. The third-order valence-electron chi connectivity index (χ3n) is 7.32. The van der Waals surface area contributed by atoms with Gasteiger partial charge < -0.3 is 10.3 Å². The summed E-state index contributed by atoms with van der Waals surface area (Å²) in [6.07, 6.45) is 8.76. The molecule has 0 spiro atoms. The Hall–Kier alpha value is -3.09. The molecule has 1 heterocycles. The van der Waals surface area contributed by atoms with E-state index in [0.717, 1.165) is 42.6 Å². The highest BCUT2D eigenvalue weighted by molar-refractivity contribution is 5.98. The molecule has 2 aromatic rings. The molecule has 4 aliphatic rings. The van der Waals surface area contributed by atoms with Crippen LogP contribution < -0.4 is 16.2 Å². The number of H-pyrrole nitrogens is 1. The number of rotatable bonds is 5. The number of hydrazine groups is 1. The zero-order chi connectivity index (χ0) is 21.4. The fourth-order valence-corrected chi connectivity index (χ4v) is 6.26. The van der Waals surface area contributed by atoms with Gasteiger partial charge in [-0.15, -0.1) is 0 Å². The van der Waals surface area contributed by atoms with E-state index in [1.165, 1.54) is 19.3 Å². The van der Waals surface area contributed by atoms with Gasteiger partial charge in [-0.1, -0.05) is 12.1 Å². The molecule has 7 nitrogen and oxygen atoms in total. The van der Waals surface area contributed by atoms with E-state index in [0.29, 0.717) is 17.8 Å². The number of hydrogen-bond acceptors (Lipinski definition) is 3. The number of benzene rings is 1. The van der Waals surface area contributed by atoms with Crippen LogP contribution in [0.15, 0.2) is 42.6 Å². The van der Waals surface area contributed by atoms with E-state index in [2.05, 4.69) is 21.2 Å². The maximum absolute atomic E-state index is 13.1. The molecule has 4 aliphatic carbocycles. The van der Waals surface area contributed by atoms with E-state index in [1.807, 2.05) is 12.1 Å². The summed E-state index contributed by atoms with van der Waals surface area (Å²) in [4.78, 5) is 40.0. The Kier molecular flexibility index (Phi) is 5.04. The lowest BCUT2D eigenvalue weighted by molar-refractivity contribution is -0.146. The summed E-state index contributed by atoms with van der Waals surface area (Å²) < 4.78 is 0. The monoisotopic (exact) mass is 420 g/mol. The average Bonchev–Trinajstić information content (AvgIpc) is 3.30. The summed E-state index contributed by atoms with van der Waals surface area (Å²) in [6.45, 7) is 0.464. The molecule has 7 heteroatoms. The normalized spacial score (nSPS) is 28.2. The lowest BCUT2D eigenvalue weighted by Crippen LogP contribution is -2.53. The minimum absolute atomic E-state index is 0.147. The molecule has 1 aromatic heterocycles. The predicted octanol–water partition coefficient (Wildman–Crippen LogP) is 2.92. The fourth-order valence-electron chi connectivity index (χ4n) is 6.26. The smallest absolute Gasteiger partial charge is 0.286 e. The largest absolute Gasteiger partial charge is 0.357 e. The van der Waals surface area contributed by atoms with Gasteiger partial charge in [0.05, 0.1) is 0 Å².